The van der Waals surface area contributed by atoms with Gasteiger partial charge in [0.05, 0.1) is 11.7 Å². The summed E-state index contributed by atoms with van der Waals surface area (Å²) in [7, 11) is 3.91. The minimum absolute atomic E-state index is 0.0576. The second kappa shape index (κ2) is 5.89. The normalized spacial score (nSPS) is 18.1. The fraction of sp³-hybridized carbons (Fsp3) is 0.333. The lowest BCUT2D eigenvalue weighted by Crippen LogP contribution is -2.44. The predicted octanol–water partition coefficient (Wildman–Crippen LogP) is 2.73. The molecule has 1 aliphatic heterocycles. The van der Waals surface area contributed by atoms with Crippen LogP contribution in [0.4, 0.5) is 10.5 Å². The van der Waals surface area contributed by atoms with Gasteiger partial charge in [-0.1, -0.05) is 6.07 Å². The first kappa shape index (κ1) is 15.6. The fourth-order valence-electron chi connectivity index (χ4n) is 2.48. The molecule has 1 aromatic carbocycles. The topological polar surface area (TPSA) is 61.4 Å². The van der Waals surface area contributed by atoms with E-state index in [1.807, 2.05) is 37.2 Å². The number of hydrogen-bond donors (Lipinski definition) is 2. The number of amides is 2. The summed E-state index contributed by atoms with van der Waals surface area (Å²) in [6.07, 6.45) is 0. The molecule has 0 aromatic heterocycles. The fourth-order valence-corrected chi connectivity index (χ4v) is 3.23. The molecule has 0 spiro atoms. The van der Waals surface area contributed by atoms with Crippen LogP contribution in [0.1, 0.15) is 25.5 Å². The van der Waals surface area contributed by atoms with Gasteiger partial charge in [0.15, 0.2) is 5.78 Å². The van der Waals surface area contributed by atoms with Gasteiger partial charge in [0.1, 0.15) is 0 Å². The number of halogens is 1. The molecule has 2 rings (SSSR count). The second-order valence-corrected chi connectivity index (χ2v) is 6.09. The third-order valence-corrected chi connectivity index (χ3v) is 4.07. The minimum Gasteiger partial charge on any atom is -0.377 e. The molecule has 1 aromatic rings. The number of urea groups is 1. The lowest BCUT2D eigenvalue weighted by molar-refractivity contribution is -0.114. The Labute approximate surface area is 132 Å². The summed E-state index contributed by atoms with van der Waals surface area (Å²) < 4.78 is 0.915. The third-order valence-electron chi connectivity index (χ3n) is 3.44. The summed E-state index contributed by atoms with van der Waals surface area (Å²) in [6.45, 7) is 3.25. The van der Waals surface area contributed by atoms with Crippen molar-refractivity contribution in [1.82, 2.24) is 10.6 Å². The van der Waals surface area contributed by atoms with Crippen molar-refractivity contribution in [3.05, 3.63) is 39.5 Å². The van der Waals surface area contributed by atoms with Crippen LogP contribution in [0, 0.1) is 0 Å². The number of nitrogens with one attached hydrogen (secondary N) is 2. The van der Waals surface area contributed by atoms with Crippen LogP contribution >= 0.6 is 15.9 Å². The average molecular weight is 352 g/mol. The van der Waals surface area contributed by atoms with Gasteiger partial charge in [-0.3, -0.25) is 4.79 Å². The number of allylic oxidation sites excluding steroid dienone is 1. The first-order valence-electron chi connectivity index (χ1n) is 6.57. The molecule has 0 saturated carbocycles. The molecule has 21 heavy (non-hydrogen) atoms. The second-order valence-electron chi connectivity index (χ2n) is 5.23. The van der Waals surface area contributed by atoms with E-state index in [2.05, 4.69) is 26.6 Å². The summed E-state index contributed by atoms with van der Waals surface area (Å²) in [6, 6.07) is 5.09. The zero-order valence-corrected chi connectivity index (χ0v) is 14.0. The number of ketones is 1. The number of nitrogens with zero attached hydrogens (tertiary/aromatic N) is 1. The Morgan fingerprint density at radius 1 is 1.33 bits per heavy atom. The smallest absolute Gasteiger partial charge is 0.319 e. The first-order valence-corrected chi connectivity index (χ1v) is 7.36. The number of carbonyl (C=O) groups excluding carboxylic acids is 2. The van der Waals surface area contributed by atoms with Gasteiger partial charge >= 0.3 is 6.03 Å². The SMILES string of the molecule is CC(=O)C1=C(C)NC(=O)NC1c1ccc(N(C)C)c(Br)c1. The lowest BCUT2D eigenvalue weighted by atomic mass is 9.93. The van der Waals surface area contributed by atoms with E-state index >= 15 is 0 Å². The molecular formula is C15H18BrN3O2. The predicted molar refractivity (Wildman–Crippen MR) is 86.3 cm³/mol. The molecule has 0 fully saturated rings. The Balaban J connectivity index is 2.49. The Hall–Kier alpha value is -1.82. The summed E-state index contributed by atoms with van der Waals surface area (Å²) >= 11 is 3.53. The van der Waals surface area contributed by atoms with Crippen molar-refractivity contribution < 1.29 is 9.59 Å². The van der Waals surface area contributed by atoms with Crippen molar-refractivity contribution in [3.63, 3.8) is 0 Å². The first-order chi connectivity index (χ1) is 9.81. The molecule has 1 atom stereocenters. The molecule has 1 unspecified atom stereocenters. The van der Waals surface area contributed by atoms with E-state index in [-0.39, 0.29) is 11.8 Å². The lowest BCUT2D eigenvalue weighted by Gasteiger charge is -2.28. The van der Waals surface area contributed by atoms with Crippen molar-refractivity contribution in [2.24, 2.45) is 0 Å². The van der Waals surface area contributed by atoms with Crippen molar-refractivity contribution in [3.8, 4) is 0 Å². The quantitative estimate of drug-likeness (QED) is 0.879. The Morgan fingerprint density at radius 2 is 2.00 bits per heavy atom. The van der Waals surface area contributed by atoms with E-state index in [1.54, 1.807) is 6.92 Å². The molecule has 0 bridgehead atoms. The number of hydrogen-bond acceptors (Lipinski definition) is 3. The third kappa shape index (κ3) is 3.10. The maximum absolute atomic E-state index is 11.9. The molecule has 1 aliphatic rings. The van der Waals surface area contributed by atoms with E-state index in [4.69, 9.17) is 0 Å². The Kier molecular flexibility index (Phi) is 4.37. The van der Waals surface area contributed by atoms with Crippen molar-refractivity contribution in [2.75, 3.05) is 19.0 Å². The summed E-state index contributed by atoms with van der Waals surface area (Å²) in [5.74, 6) is -0.0576. The van der Waals surface area contributed by atoms with Crippen molar-refractivity contribution >= 4 is 33.4 Å². The van der Waals surface area contributed by atoms with Gasteiger partial charge in [0.25, 0.3) is 0 Å². The summed E-state index contributed by atoms with van der Waals surface area (Å²) in [5.41, 5.74) is 3.08. The van der Waals surface area contributed by atoms with Gasteiger partial charge in [0, 0.05) is 29.8 Å². The molecule has 6 heteroatoms. The monoisotopic (exact) mass is 351 g/mol. The molecule has 1 heterocycles. The van der Waals surface area contributed by atoms with E-state index in [1.165, 1.54) is 6.92 Å². The van der Waals surface area contributed by atoms with Crippen LogP contribution in [0.2, 0.25) is 0 Å². The van der Waals surface area contributed by atoms with Crippen LogP contribution in [0.25, 0.3) is 0 Å². The van der Waals surface area contributed by atoms with Gasteiger partial charge in [0.2, 0.25) is 0 Å². The van der Waals surface area contributed by atoms with Crippen molar-refractivity contribution in [2.45, 2.75) is 19.9 Å². The van der Waals surface area contributed by atoms with Gasteiger partial charge in [-0.15, -0.1) is 0 Å². The van der Waals surface area contributed by atoms with Crippen LogP contribution in [-0.4, -0.2) is 25.9 Å². The number of benzene rings is 1. The van der Waals surface area contributed by atoms with Crippen LogP contribution in [0.15, 0.2) is 33.9 Å². The highest BCUT2D eigenvalue weighted by Crippen LogP contribution is 2.32. The highest BCUT2D eigenvalue weighted by atomic mass is 79.9. The molecule has 2 amide bonds. The standard InChI is InChI=1S/C15H18BrN3O2/c1-8-13(9(2)20)14(18-15(21)17-8)10-5-6-12(19(3)4)11(16)7-10/h5-7,14H,1-4H3,(H2,17,18,21). The van der Waals surface area contributed by atoms with E-state index < -0.39 is 6.04 Å². The highest BCUT2D eigenvalue weighted by Gasteiger charge is 2.29. The Bertz CT molecular complexity index is 638. The highest BCUT2D eigenvalue weighted by molar-refractivity contribution is 9.10. The van der Waals surface area contributed by atoms with Crippen LogP contribution in [-0.2, 0) is 4.79 Å². The molecule has 0 saturated heterocycles. The maximum Gasteiger partial charge on any atom is 0.319 e. The number of anilines is 1. The largest absolute Gasteiger partial charge is 0.377 e. The minimum atomic E-state index is -0.427. The van der Waals surface area contributed by atoms with Crippen LogP contribution < -0.4 is 15.5 Å². The molecule has 0 radical (unpaired) electrons. The average Bonchev–Trinajstić information content (AvgIpc) is 2.36. The van der Waals surface area contributed by atoms with Crippen LogP contribution in [0.3, 0.4) is 0 Å². The van der Waals surface area contributed by atoms with Gasteiger partial charge in [-0.25, -0.2) is 4.79 Å². The van der Waals surface area contributed by atoms with Crippen molar-refractivity contribution in [1.29, 1.82) is 0 Å². The molecule has 112 valence electrons. The number of Topliss-reactive ketones (excluding diaryl/α,β-unsaturated/α-hetero) is 1. The number of carbonyl (C=O) groups is 2. The molecule has 5 nitrogen and oxygen atoms in total. The molecule has 2 N–H and O–H groups in total. The zero-order valence-electron chi connectivity index (χ0n) is 12.5. The van der Waals surface area contributed by atoms with E-state index in [0.29, 0.717) is 11.3 Å². The van der Waals surface area contributed by atoms with E-state index in [9.17, 15) is 9.59 Å². The summed E-state index contributed by atoms with van der Waals surface area (Å²) in [4.78, 5) is 25.6. The molecule has 0 aliphatic carbocycles. The molecular weight excluding hydrogens is 334 g/mol. The van der Waals surface area contributed by atoms with Gasteiger partial charge in [-0.2, -0.15) is 0 Å². The summed E-state index contributed by atoms with van der Waals surface area (Å²) in [5, 5.41) is 5.45. The van der Waals surface area contributed by atoms with E-state index in [0.717, 1.165) is 15.7 Å². The zero-order chi connectivity index (χ0) is 15.7. The van der Waals surface area contributed by atoms with Gasteiger partial charge < -0.3 is 15.5 Å². The maximum atomic E-state index is 11.9. The number of rotatable bonds is 3. The Morgan fingerprint density at radius 3 is 2.52 bits per heavy atom. The van der Waals surface area contributed by atoms with Crippen LogP contribution in [0.5, 0.6) is 0 Å². The van der Waals surface area contributed by atoms with Gasteiger partial charge in [-0.05, 0) is 47.5 Å².